The number of hydrogen-bond acceptors (Lipinski definition) is 1. The van der Waals surface area contributed by atoms with Crippen LogP contribution in [0.15, 0.2) is 4.81 Å². The van der Waals surface area contributed by atoms with Gasteiger partial charge >= 0.3 is 33.1 Å². The van der Waals surface area contributed by atoms with Crippen molar-refractivity contribution in [1.82, 2.24) is 0 Å². The van der Waals surface area contributed by atoms with Gasteiger partial charge in [-0.2, -0.15) is 0 Å². The first-order valence-electron chi connectivity index (χ1n) is 1.63. The molecule has 0 rings (SSSR count). The molecule has 0 bridgehead atoms. The van der Waals surface area contributed by atoms with E-state index >= 15 is 0 Å². The molecule has 0 aliphatic carbocycles. The van der Waals surface area contributed by atoms with Gasteiger partial charge in [-0.1, -0.05) is 0 Å². The quantitative estimate of drug-likeness (QED) is 0.392. The Balaban J connectivity index is 2.62. The van der Waals surface area contributed by atoms with Gasteiger partial charge in [-0.15, -0.1) is 0 Å². The van der Waals surface area contributed by atoms with Gasteiger partial charge < -0.3 is 0 Å². The van der Waals surface area contributed by atoms with Crippen LogP contribution in [-0.2, 0) is 0 Å². The third-order valence-corrected chi connectivity index (χ3v) is 0.288. The van der Waals surface area contributed by atoms with E-state index in [0.29, 0.717) is 0 Å². The molecule has 0 aliphatic heterocycles. The molecule has 0 amide bonds. The molecule has 0 atom stereocenters. The van der Waals surface area contributed by atoms with Crippen LogP contribution in [0.25, 0.3) is 0 Å². The summed E-state index contributed by atoms with van der Waals surface area (Å²) in [6.45, 7) is 1.98. The third-order valence-electron chi connectivity index (χ3n) is 0.288. The van der Waals surface area contributed by atoms with E-state index in [4.69, 9.17) is 7.98 Å². The average Bonchev–Trinajstić information content (AvgIpc) is 1.41. The summed E-state index contributed by atoms with van der Waals surface area (Å²) in [4.78, 5) is 3.23. The molecular formula is C2H5B2N. The van der Waals surface area contributed by atoms with Crippen molar-refractivity contribution in [3.63, 3.8) is 0 Å². The van der Waals surface area contributed by atoms with Crippen LogP contribution >= 0.6 is 0 Å². The molecule has 0 heterocycles. The number of rotatable bonds is 1. The van der Waals surface area contributed by atoms with E-state index in [1.54, 1.807) is 7.07 Å². The van der Waals surface area contributed by atoms with Gasteiger partial charge in [0.2, 0.25) is 0 Å². The summed E-state index contributed by atoms with van der Waals surface area (Å²) in [6.07, 6.45) is 0.927. The van der Waals surface area contributed by atoms with Crippen molar-refractivity contribution in [3.05, 3.63) is 0 Å². The molecule has 0 fully saturated rings. The van der Waals surface area contributed by atoms with Gasteiger partial charge in [-0.05, 0) is 0 Å². The molecule has 0 spiro atoms. The van der Waals surface area contributed by atoms with E-state index in [2.05, 4.69) is 4.81 Å². The van der Waals surface area contributed by atoms with Crippen molar-refractivity contribution in [1.29, 1.82) is 0 Å². The van der Waals surface area contributed by atoms with Gasteiger partial charge in [0.05, 0.1) is 0 Å². The Kier molecular flexibility index (Phi) is 3.87. The molecule has 5 heavy (non-hydrogen) atoms. The van der Waals surface area contributed by atoms with Crippen molar-refractivity contribution < 1.29 is 0 Å². The first-order chi connectivity index (χ1) is 2.41. The predicted octanol–water partition coefficient (Wildman–Crippen LogP) is 0.396. The number of nitrogens with zero attached hydrogens (tertiary/aromatic N) is 1. The van der Waals surface area contributed by atoms with Gasteiger partial charge in [0.1, 0.15) is 0 Å². The fraction of sp³-hybridized carbons (Fsp3) is 1.00. The van der Waals surface area contributed by atoms with Crippen molar-refractivity contribution in [2.45, 2.75) is 13.2 Å². The second-order valence-electron chi connectivity index (χ2n) is 0.740. The van der Waals surface area contributed by atoms with Gasteiger partial charge in [-0.25, -0.2) is 0 Å². The summed E-state index contributed by atoms with van der Waals surface area (Å²) in [5.74, 6) is 0. The van der Waals surface area contributed by atoms with Crippen LogP contribution in [0.1, 0.15) is 6.92 Å². The summed E-state index contributed by atoms with van der Waals surface area (Å²) in [5, 5.41) is 0. The maximum atomic E-state index is 4.71. The van der Waals surface area contributed by atoms with E-state index in [-0.39, 0.29) is 0 Å². The third kappa shape index (κ3) is 3.93. The molecule has 0 aromatic carbocycles. The molecule has 0 aliphatic rings. The van der Waals surface area contributed by atoms with Crippen LogP contribution < -0.4 is 0 Å². The molecular weight excluding hydrogens is 59.7 g/mol. The van der Waals surface area contributed by atoms with Crippen LogP contribution in [0.4, 0.5) is 0 Å². The zero-order valence-corrected chi connectivity index (χ0v) is 3.31. The Bertz CT molecular complexity index is 34.6. The summed E-state index contributed by atoms with van der Waals surface area (Å²) in [6, 6.07) is 0. The van der Waals surface area contributed by atoms with Crippen molar-refractivity contribution in [2.24, 2.45) is 4.81 Å². The Morgan fingerprint density at radius 1 is 2.00 bits per heavy atom. The fourth-order valence-electron chi connectivity index (χ4n) is 0.105. The summed E-state index contributed by atoms with van der Waals surface area (Å²) >= 11 is 0. The van der Waals surface area contributed by atoms with Crippen LogP contribution in [0.2, 0.25) is 6.32 Å². The first-order valence-corrected chi connectivity index (χ1v) is 1.63. The van der Waals surface area contributed by atoms with E-state index in [0.717, 1.165) is 6.32 Å². The summed E-state index contributed by atoms with van der Waals surface area (Å²) < 4.78 is 0. The molecule has 0 unspecified atom stereocenters. The number of hydrogen-bond donors (Lipinski definition) is 0. The SMILES string of the molecule is [B]N=BCC. The normalized spacial score (nSPS) is 8.20. The fourth-order valence-corrected chi connectivity index (χ4v) is 0.105. The van der Waals surface area contributed by atoms with Crippen LogP contribution in [0.5, 0.6) is 0 Å². The first kappa shape index (κ1) is 4.93. The van der Waals surface area contributed by atoms with Crippen LogP contribution in [0, 0.1) is 0 Å². The molecule has 0 aromatic heterocycles. The van der Waals surface area contributed by atoms with Gasteiger partial charge in [0, 0.05) is 0 Å². The van der Waals surface area contributed by atoms with Crippen molar-refractivity contribution in [3.8, 4) is 0 Å². The average molecular weight is 64.7 g/mol. The Labute approximate surface area is 34.2 Å². The molecule has 3 heteroatoms. The zero-order chi connectivity index (χ0) is 4.12. The minimum absolute atomic E-state index is 0.927. The van der Waals surface area contributed by atoms with Crippen molar-refractivity contribution in [2.75, 3.05) is 0 Å². The maximum absolute atomic E-state index is 4.71. The monoisotopic (exact) mass is 65.1 g/mol. The molecule has 0 saturated heterocycles. The molecule has 0 saturated carbocycles. The molecule has 2 radical (unpaired) electrons. The van der Waals surface area contributed by atoms with E-state index in [1.807, 2.05) is 6.92 Å². The van der Waals surface area contributed by atoms with Gasteiger partial charge in [-0.3, -0.25) is 0 Å². The molecule has 0 N–H and O–H groups in total. The zero-order valence-electron chi connectivity index (χ0n) is 3.31. The second kappa shape index (κ2) is 3.93. The predicted molar refractivity (Wildman–Crippen MR) is 24.4 cm³/mol. The van der Waals surface area contributed by atoms with E-state index < -0.39 is 0 Å². The van der Waals surface area contributed by atoms with Crippen molar-refractivity contribution >= 4 is 15.1 Å². The minimum atomic E-state index is 0.927. The van der Waals surface area contributed by atoms with Gasteiger partial charge in [0.25, 0.3) is 0 Å². The van der Waals surface area contributed by atoms with E-state index in [9.17, 15) is 0 Å². The molecule has 0 aromatic rings. The molecule has 1 nitrogen and oxygen atoms in total. The Morgan fingerprint density at radius 3 is 2.60 bits per heavy atom. The molecule has 24 valence electrons. The Hall–Kier alpha value is -0.0701. The van der Waals surface area contributed by atoms with Crippen LogP contribution in [0.3, 0.4) is 0 Å². The van der Waals surface area contributed by atoms with Crippen LogP contribution in [-0.4, -0.2) is 15.1 Å². The second-order valence-corrected chi connectivity index (χ2v) is 0.740. The summed E-state index contributed by atoms with van der Waals surface area (Å²) in [7, 11) is 6.36. The Morgan fingerprint density at radius 2 is 2.60 bits per heavy atom. The van der Waals surface area contributed by atoms with E-state index in [1.165, 1.54) is 0 Å². The summed E-state index contributed by atoms with van der Waals surface area (Å²) in [5.41, 5.74) is 0. The topological polar surface area (TPSA) is 12.4 Å². The standard InChI is InChI=1S/C2H5B2N/c1-2-4-5-3/h2H2,1H3. The van der Waals surface area contributed by atoms with Gasteiger partial charge in [0.15, 0.2) is 0 Å².